The SMILES string of the molecule is Cc1ccc(NS(=O)(=O)c2ccsc2C(=O)NCCC(=O)NCc2ccncc2)cc1. The monoisotopic (exact) mass is 458 g/mol. The lowest BCUT2D eigenvalue weighted by atomic mass is 10.2. The second-order valence-corrected chi connectivity index (χ2v) is 9.29. The Kier molecular flexibility index (Phi) is 7.37. The maximum atomic E-state index is 12.7. The highest BCUT2D eigenvalue weighted by molar-refractivity contribution is 7.93. The van der Waals surface area contributed by atoms with E-state index in [9.17, 15) is 18.0 Å². The summed E-state index contributed by atoms with van der Waals surface area (Å²) in [5.74, 6) is -0.765. The van der Waals surface area contributed by atoms with Crippen molar-refractivity contribution in [1.29, 1.82) is 0 Å². The molecule has 0 aliphatic heterocycles. The van der Waals surface area contributed by atoms with Gasteiger partial charge in [-0.15, -0.1) is 11.3 Å². The van der Waals surface area contributed by atoms with E-state index in [1.54, 1.807) is 54.2 Å². The van der Waals surface area contributed by atoms with E-state index in [1.165, 1.54) is 6.07 Å². The lowest BCUT2D eigenvalue weighted by Crippen LogP contribution is -2.31. The summed E-state index contributed by atoms with van der Waals surface area (Å²) < 4.78 is 27.9. The maximum absolute atomic E-state index is 12.7. The number of aromatic nitrogens is 1. The molecule has 0 bridgehead atoms. The van der Waals surface area contributed by atoms with Gasteiger partial charge in [0, 0.05) is 37.6 Å². The minimum Gasteiger partial charge on any atom is -0.352 e. The summed E-state index contributed by atoms with van der Waals surface area (Å²) >= 11 is 1.03. The standard InChI is InChI=1S/C21H22N4O4S2/c1-15-2-4-17(5-3-15)25-31(28,29)18-9-13-30-20(18)21(27)23-12-8-19(26)24-14-16-6-10-22-11-7-16/h2-7,9-11,13,25H,8,12,14H2,1H3,(H,23,27)(H,24,26). The summed E-state index contributed by atoms with van der Waals surface area (Å²) in [6.45, 7) is 2.36. The number of nitrogens with zero attached hydrogens (tertiary/aromatic N) is 1. The molecule has 31 heavy (non-hydrogen) atoms. The van der Waals surface area contributed by atoms with Crippen LogP contribution < -0.4 is 15.4 Å². The zero-order chi connectivity index (χ0) is 22.3. The van der Waals surface area contributed by atoms with Crippen molar-refractivity contribution >= 4 is 38.9 Å². The van der Waals surface area contributed by atoms with Crippen LogP contribution in [-0.2, 0) is 21.4 Å². The Balaban J connectivity index is 1.54. The third-order valence-electron chi connectivity index (χ3n) is 4.31. The maximum Gasteiger partial charge on any atom is 0.263 e. The molecule has 1 aromatic carbocycles. The quantitative estimate of drug-likeness (QED) is 0.456. The lowest BCUT2D eigenvalue weighted by molar-refractivity contribution is -0.121. The summed E-state index contributed by atoms with van der Waals surface area (Å²) in [5.41, 5.74) is 2.33. The van der Waals surface area contributed by atoms with Gasteiger partial charge in [0.2, 0.25) is 5.91 Å². The highest BCUT2D eigenvalue weighted by Gasteiger charge is 2.24. The molecule has 0 saturated carbocycles. The van der Waals surface area contributed by atoms with Crippen LogP contribution >= 0.6 is 11.3 Å². The van der Waals surface area contributed by atoms with Crippen LogP contribution in [0.15, 0.2) is 65.1 Å². The summed E-state index contributed by atoms with van der Waals surface area (Å²) in [4.78, 5) is 28.3. The smallest absolute Gasteiger partial charge is 0.263 e. The van der Waals surface area contributed by atoms with Gasteiger partial charge in [0.15, 0.2) is 0 Å². The minimum absolute atomic E-state index is 0.0665. The number of hydrogen-bond donors (Lipinski definition) is 3. The van der Waals surface area contributed by atoms with Crippen LogP contribution in [0.4, 0.5) is 5.69 Å². The van der Waals surface area contributed by atoms with Crippen molar-refractivity contribution in [2.45, 2.75) is 24.8 Å². The number of carbonyl (C=O) groups excluding carboxylic acids is 2. The Labute approximate surface area is 184 Å². The number of rotatable bonds is 9. The molecule has 3 rings (SSSR count). The number of pyridine rings is 1. The number of nitrogens with one attached hydrogen (secondary N) is 3. The molecule has 0 spiro atoms. The normalized spacial score (nSPS) is 11.0. The lowest BCUT2D eigenvalue weighted by Gasteiger charge is -2.10. The fourth-order valence-electron chi connectivity index (χ4n) is 2.67. The average molecular weight is 459 g/mol. The van der Waals surface area contributed by atoms with Crippen molar-refractivity contribution < 1.29 is 18.0 Å². The summed E-state index contributed by atoms with van der Waals surface area (Å²) in [6, 6.07) is 11.9. The van der Waals surface area contributed by atoms with Crippen LogP contribution in [0.2, 0.25) is 0 Å². The molecule has 2 aromatic heterocycles. The predicted octanol–water partition coefficient (Wildman–Crippen LogP) is 2.69. The molecule has 0 radical (unpaired) electrons. The number of amides is 2. The topological polar surface area (TPSA) is 117 Å². The third kappa shape index (κ3) is 6.37. The van der Waals surface area contributed by atoms with Crippen molar-refractivity contribution in [2.24, 2.45) is 0 Å². The summed E-state index contributed by atoms with van der Waals surface area (Å²) in [6.07, 6.45) is 3.36. The molecule has 0 fully saturated rings. The van der Waals surface area contributed by atoms with Crippen molar-refractivity contribution in [2.75, 3.05) is 11.3 Å². The van der Waals surface area contributed by atoms with Crippen LogP contribution in [0.25, 0.3) is 0 Å². The predicted molar refractivity (Wildman–Crippen MR) is 119 cm³/mol. The molecule has 2 amide bonds. The van der Waals surface area contributed by atoms with Crippen molar-refractivity contribution in [3.8, 4) is 0 Å². The van der Waals surface area contributed by atoms with E-state index in [4.69, 9.17) is 0 Å². The van der Waals surface area contributed by atoms with E-state index in [2.05, 4.69) is 20.3 Å². The van der Waals surface area contributed by atoms with Gasteiger partial charge in [-0.25, -0.2) is 8.42 Å². The van der Waals surface area contributed by atoms with Gasteiger partial charge in [-0.1, -0.05) is 17.7 Å². The van der Waals surface area contributed by atoms with Crippen molar-refractivity contribution in [3.05, 3.63) is 76.2 Å². The Morgan fingerprint density at radius 1 is 1.00 bits per heavy atom. The van der Waals surface area contributed by atoms with E-state index in [0.29, 0.717) is 12.2 Å². The van der Waals surface area contributed by atoms with E-state index in [-0.39, 0.29) is 28.6 Å². The van der Waals surface area contributed by atoms with E-state index < -0.39 is 15.9 Å². The first-order valence-corrected chi connectivity index (χ1v) is 11.8. The minimum atomic E-state index is -3.92. The molecule has 162 valence electrons. The molecule has 10 heteroatoms. The molecule has 3 N–H and O–H groups in total. The van der Waals surface area contributed by atoms with Gasteiger partial charge in [0.1, 0.15) is 9.77 Å². The fourth-order valence-corrected chi connectivity index (χ4v) is 5.07. The molecule has 0 unspecified atom stereocenters. The van der Waals surface area contributed by atoms with Gasteiger partial charge in [-0.05, 0) is 48.2 Å². The zero-order valence-electron chi connectivity index (χ0n) is 16.8. The van der Waals surface area contributed by atoms with Crippen molar-refractivity contribution in [3.63, 3.8) is 0 Å². The van der Waals surface area contributed by atoms with Crippen LogP contribution in [0.5, 0.6) is 0 Å². The number of sulfonamides is 1. The molecule has 0 saturated heterocycles. The average Bonchev–Trinajstić information content (AvgIpc) is 3.26. The van der Waals surface area contributed by atoms with Crippen LogP contribution in [-0.4, -0.2) is 31.8 Å². The largest absolute Gasteiger partial charge is 0.352 e. The highest BCUT2D eigenvalue weighted by atomic mass is 32.2. The molecule has 0 atom stereocenters. The Bertz CT molecular complexity index is 1140. The van der Waals surface area contributed by atoms with E-state index in [1.807, 2.05) is 6.92 Å². The molecule has 2 heterocycles. The van der Waals surface area contributed by atoms with E-state index >= 15 is 0 Å². The van der Waals surface area contributed by atoms with Crippen LogP contribution in [0, 0.1) is 6.92 Å². The number of benzene rings is 1. The molecular weight excluding hydrogens is 436 g/mol. The van der Waals surface area contributed by atoms with Gasteiger partial charge < -0.3 is 10.6 Å². The molecule has 8 nitrogen and oxygen atoms in total. The number of hydrogen-bond acceptors (Lipinski definition) is 6. The van der Waals surface area contributed by atoms with Crippen LogP contribution in [0.1, 0.15) is 27.2 Å². The molecule has 0 aliphatic rings. The Morgan fingerprint density at radius 3 is 2.42 bits per heavy atom. The number of anilines is 1. The molecule has 3 aromatic rings. The number of carbonyl (C=O) groups is 2. The number of thiophene rings is 1. The second kappa shape index (κ2) is 10.2. The van der Waals surface area contributed by atoms with Gasteiger partial charge >= 0.3 is 0 Å². The van der Waals surface area contributed by atoms with Gasteiger partial charge in [0.05, 0.1) is 0 Å². The summed E-state index contributed by atoms with van der Waals surface area (Å²) in [5, 5.41) is 6.90. The third-order valence-corrected chi connectivity index (χ3v) is 6.77. The zero-order valence-corrected chi connectivity index (χ0v) is 18.4. The Hall–Kier alpha value is -3.24. The van der Waals surface area contributed by atoms with Gasteiger partial charge in [-0.2, -0.15) is 0 Å². The first kappa shape index (κ1) is 22.4. The summed E-state index contributed by atoms with van der Waals surface area (Å²) in [7, 11) is -3.92. The Morgan fingerprint density at radius 2 is 1.71 bits per heavy atom. The highest BCUT2D eigenvalue weighted by Crippen LogP contribution is 2.24. The molecular formula is C21H22N4O4S2. The second-order valence-electron chi connectivity index (χ2n) is 6.72. The first-order valence-electron chi connectivity index (χ1n) is 9.46. The van der Waals surface area contributed by atoms with Gasteiger partial charge in [0.25, 0.3) is 15.9 Å². The fraction of sp³-hybridized carbons (Fsp3) is 0.190. The first-order chi connectivity index (χ1) is 14.8. The van der Waals surface area contributed by atoms with E-state index in [0.717, 1.165) is 22.5 Å². The molecule has 0 aliphatic carbocycles. The van der Waals surface area contributed by atoms with Crippen molar-refractivity contribution in [1.82, 2.24) is 15.6 Å². The van der Waals surface area contributed by atoms with Crippen LogP contribution in [0.3, 0.4) is 0 Å². The number of aryl methyl sites for hydroxylation is 1. The van der Waals surface area contributed by atoms with Gasteiger partial charge in [-0.3, -0.25) is 19.3 Å².